The summed E-state index contributed by atoms with van der Waals surface area (Å²) in [6.07, 6.45) is 1.09. The topological polar surface area (TPSA) is 23.6 Å². The summed E-state index contributed by atoms with van der Waals surface area (Å²) in [6.45, 7) is 3.86. The Bertz CT molecular complexity index is 444. The summed E-state index contributed by atoms with van der Waals surface area (Å²) in [5.74, 6) is 2.37. The molecule has 1 heterocycles. The molecule has 1 atom stereocenters. The van der Waals surface area contributed by atoms with Gasteiger partial charge < -0.3 is 9.80 Å². The van der Waals surface area contributed by atoms with Crippen LogP contribution < -0.4 is 0 Å². The molecule has 20 heavy (non-hydrogen) atoms. The van der Waals surface area contributed by atoms with Crippen molar-refractivity contribution in [2.75, 3.05) is 38.7 Å². The van der Waals surface area contributed by atoms with Crippen molar-refractivity contribution in [1.82, 2.24) is 9.80 Å². The van der Waals surface area contributed by atoms with E-state index in [1.54, 1.807) is 0 Å². The SMILES string of the molecule is Cc1ccc(C(=O)N2CCCSCC2CN(C)C)cc1. The zero-order valence-corrected chi connectivity index (χ0v) is 13.4. The number of thioether (sulfide) groups is 1. The van der Waals surface area contributed by atoms with Crippen LogP contribution in [0.3, 0.4) is 0 Å². The van der Waals surface area contributed by atoms with Gasteiger partial charge in [0.1, 0.15) is 0 Å². The second kappa shape index (κ2) is 7.14. The first-order valence-electron chi connectivity index (χ1n) is 7.18. The summed E-state index contributed by atoms with van der Waals surface area (Å²) in [7, 11) is 4.15. The highest BCUT2D eigenvalue weighted by Gasteiger charge is 2.26. The Hall–Kier alpha value is -1.00. The highest BCUT2D eigenvalue weighted by Crippen LogP contribution is 2.19. The molecule has 0 N–H and O–H groups in total. The van der Waals surface area contributed by atoms with E-state index in [-0.39, 0.29) is 5.91 Å². The molecule has 110 valence electrons. The number of hydrogen-bond donors (Lipinski definition) is 0. The number of likely N-dealkylation sites (N-methyl/N-ethyl adjacent to an activating group) is 1. The lowest BCUT2D eigenvalue weighted by Gasteiger charge is -2.31. The fourth-order valence-corrected chi connectivity index (χ4v) is 3.59. The predicted molar refractivity (Wildman–Crippen MR) is 86.5 cm³/mol. The monoisotopic (exact) mass is 292 g/mol. The van der Waals surface area contributed by atoms with Gasteiger partial charge in [-0.15, -0.1) is 0 Å². The van der Waals surface area contributed by atoms with E-state index >= 15 is 0 Å². The van der Waals surface area contributed by atoms with Crippen molar-refractivity contribution < 1.29 is 4.79 Å². The van der Waals surface area contributed by atoms with Crippen LogP contribution in [0.1, 0.15) is 22.3 Å². The van der Waals surface area contributed by atoms with E-state index in [9.17, 15) is 4.79 Å². The number of amides is 1. The highest BCUT2D eigenvalue weighted by atomic mass is 32.2. The molecular weight excluding hydrogens is 268 g/mol. The Balaban J connectivity index is 2.16. The van der Waals surface area contributed by atoms with Gasteiger partial charge in [-0.05, 0) is 45.3 Å². The number of benzene rings is 1. The molecular formula is C16H24N2OS. The van der Waals surface area contributed by atoms with Gasteiger partial charge in [-0.1, -0.05) is 17.7 Å². The van der Waals surface area contributed by atoms with E-state index in [2.05, 4.69) is 23.9 Å². The van der Waals surface area contributed by atoms with Crippen molar-refractivity contribution in [2.24, 2.45) is 0 Å². The molecule has 0 bridgehead atoms. The Kier molecular flexibility index (Phi) is 5.49. The molecule has 0 radical (unpaired) electrons. The number of carbonyl (C=O) groups excluding carboxylic acids is 1. The highest BCUT2D eigenvalue weighted by molar-refractivity contribution is 7.99. The molecule has 2 rings (SSSR count). The summed E-state index contributed by atoms with van der Waals surface area (Å²) in [5.41, 5.74) is 2.00. The summed E-state index contributed by atoms with van der Waals surface area (Å²) < 4.78 is 0. The average molecular weight is 292 g/mol. The van der Waals surface area contributed by atoms with Gasteiger partial charge in [0.2, 0.25) is 0 Å². The summed E-state index contributed by atoms with van der Waals surface area (Å²) in [4.78, 5) is 17.0. The average Bonchev–Trinajstić information content (AvgIpc) is 2.63. The molecule has 4 heteroatoms. The lowest BCUT2D eigenvalue weighted by molar-refractivity contribution is 0.0675. The van der Waals surface area contributed by atoms with Crippen LogP contribution in [0, 0.1) is 6.92 Å². The first-order valence-corrected chi connectivity index (χ1v) is 8.33. The van der Waals surface area contributed by atoms with Crippen LogP contribution in [-0.4, -0.2) is 60.4 Å². The molecule has 1 aromatic carbocycles. The predicted octanol–water partition coefficient (Wildman–Crippen LogP) is 2.50. The maximum absolute atomic E-state index is 12.8. The standard InChI is InChI=1S/C16H24N2OS/c1-13-5-7-14(8-6-13)16(19)18-9-4-10-20-12-15(18)11-17(2)3/h5-8,15H,4,9-12H2,1-3H3. The molecule has 0 aliphatic carbocycles. The van der Waals surface area contributed by atoms with Crippen LogP contribution in [0.5, 0.6) is 0 Å². The zero-order chi connectivity index (χ0) is 14.5. The summed E-state index contributed by atoms with van der Waals surface area (Å²) in [5, 5.41) is 0. The van der Waals surface area contributed by atoms with Crippen molar-refractivity contribution in [2.45, 2.75) is 19.4 Å². The van der Waals surface area contributed by atoms with Crippen LogP contribution in [0.25, 0.3) is 0 Å². The minimum Gasteiger partial charge on any atom is -0.334 e. The van der Waals surface area contributed by atoms with Crippen molar-refractivity contribution in [1.29, 1.82) is 0 Å². The maximum atomic E-state index is 12.8. The number of nitrogens with zero attached hydrogens (tertiary/aromatic N) is 2. The Morgan fingerprint density at radius 2 is 2.05 bits per heavy atom. The molecule has 0 aromatic heterocycles. The first kappa shape index (κ1) is 15.4. The van der Waals surface area contributed by atoms with E-state index in [1.165, 1.54) is 5.56 Å². The second-order valence-corrected chi connectivity index (χ2v) is 6.86. The molecule has 1 fully saturated rings. The molecule has 1 amide bonds. The fourth-order valence-electron chi connectivity index (χ4n) is 2.53. The minimum absolute atomic E-state index is 0.180. The van der Waals surface area contributed by atoms with Crippen molar-refractivity contribution >= 4 is 17.7 Å². The van der Waals surface area contributed by atoms with Crippen molar-refractivity contribution in [3.63, 3.8) is 0 Å². The van der Waals surface area contributed by atoms with Crippen LogP contribution in [0.15, 0.2) is 24.3 Å². The third kappa shape index (κ3) is 4.00. The minimum atomic E-state index is 0.180. The maximum Gasteiger partial charge on any atom is 0.254 e. The molecule has 0 spiro atoms. The molecule has 1 aliphatic rings. The number of aryl methyl sites for hydroxylation is 1. The largest absolute Gasteiger partial charge is 0.334 e. The van der Waals surface area contributed by atoms with Crippen LogP contribution in [0.4, 0.5) is 0 Å². The molecule has 1 aliphatic heterocycles. The zero-order valence-electron chi connectivity index (χ0n) is 12.6. The molecule has 3 nitrogen and oxygen atoms in total. The van der Waals surface area contributed by atoms with Gasteiger partial charge in [-0.25, -0.2) is 0 Å². The first-order chi connectivity index (χ1) is 9.58. The van der Waals surface area contributed by atoms with Crippen LogP contribution in [0.2, 0.25) is 0 Å². The second-order valence-electron chi connectivity index (χ2n) is 5.71. The van der Waals surface area contributed by atoms with E-state index in [4.69, 9.17) is 0 Å². The Morgan fingerprint density at radius 1 is 1.35 bits per heavy atom. The Labute approximate surface area is 126 Å². The van der Waals surface area contributed by atoms with E-state index in [1.807, 2.05) is 43.0 Å². The molecule has 0 saturated carbocycles. The van der Waals surface area contributed by atoms with Gasteiger partial charge in [0.05, 0.1) is 6.04 Å². The number of carbonyl (C=O) groups is 1. The number of rotatable bonds is 3. The van der Waals surface area contributed by atoms with Crippen molar-refractivity contribution in [3.8, 4) is 0 Å². The Morgan fingerprint density at radius 3 is 2.70 bits per heavy atom. The molecule has 1 saturated heterocycles. The quantitative estimate of drug-likeness (QED) is 0.855. The van der Waals surface area contributed by atoms with E-state index in [0.717, 1.165) is 36.6 Å². The van der Waals surface area contributed by atoms with Gasteiger partial charge in [0.15, 0.2) is 0 Å². The third-order valence-corrected chi connectivity index (χ3v) is 4.77. The smallest absolute Gasteiger partial charge is 0.254 e. The normalized spacial score (nSPS) is 20.0. The molecule has 1 aromatic rings. The van der Waals surface area contributed by atoms with E-state index < -0.39 is 0 Å². The van der Waals surface area contributed by atoms with Gasteiger partial charge in [0.25, 0.3) is 5.91 Å². The lowest BCUT2D eigenvalue weighted by Crippen LogP contribution is -2.46. The van der Waals surface area contributed by atoms with Gasteiger partial charge in [0, 0.05) is 24.4 Å². The third-order valence-electron chi connectivity index (χ3n) is 3.57. The van der Waals surface area contributed by atoms with Gasteiger partial charge in [-0.3, -0.25) is 4.79 Å². The molecule has 1 unspecified atom stereocenters. The van der Waals surface area contributed by atoms with E-state index in [0.29, 0.717) is 6.04 Å². The van der Waals surface area contributed by atoms with Crippen LogP contribution >= 0.6 is 11.8 Å². The summed E-state index contributed by atoms with van der Waals surface area (Å²) >= 11 is 1.96. The van der Waals surface area contributed by atoms with Crippen molar-refractivity contribution in [3.05, 3.63) is 35.4 Å². The van der Waals surface area contributed by atoms with Crippen LogP contribution in [-0.2, 0) is 0 Å². The number of hydrogen-bond acceptors (Lipinski definition) is 3. The fraction of sp³-hybridized carbons (Fsp3) is 0.562. The van der Waals surface area contributed by atoms with Gasteiger partial charge >= 0.3 is 0 Å². The lowest BCUT2D eigenvalue weighted by atomic mass is 10.1. The summed E-state index contributed by atoms with van der Waals surface area (Å²) in [6, 6.07) is 8.23. The van der Waals surface area contributed by atoms with Gasteiger partial charge in [-0.2, -0.15) is 11.8 Å².